The Balaban J connectivity index is 2.30. The number of carboxylic acid groups (broad SMARTS) is 1. The molecule has 0 bridgehead atoms. The number of hydrogen-bond acceptors (Lipinski definition) is 4. The lowest BCUT2D eigenvalue weighted by molar-refractivity contribution is -0.133. The molecule has 1 aromatic heterocycles. The van der Waals surface area contributed by atoms with Crippen LogP contribution in [0.2, 0.25) is 0 Å². The summed E-state index contributed by atoms with van der Waals surface area (Å²) in [5.74, 6) is -1.32. The number of hydrogen-bond donors (Lipinski definition) is 1. The van der Waals surface area contributed by atoms with E-state index in [1.54, 1.807) is 25.1 Å². The summed E-state index contributed by atoms with van der Waals surface area (Å²) in [6.07, 6.45) is 0. The van der Waals surface area contributed by atoms with Crippen molar-refractivity contribution in [3.05, 3.63) is 41.8 Å². The first-order chi connectivity index (χ1) is 9.04. The average molecular weight is 278 g/mol. The van der Waals surface area contributed by atoms with Crippen molar-refractivity contribution in [2.75, 3.05) is 5.75 Å². The number of aromatic nitrogens is 2. The van der Waals surface area contributed by atoms with Crippen molar-refractivity contribution < 1.29 is 14.3 Å². The maximum absolute atomic E-state index is 12.9. The molecule has 0 amide bonds. The van der Waals surface area contributed by atoms with Gasteiger partial charge >= 0.3 is 5.97 Å². The lowest BCUT2D eigenvalue weighted by Crippen LogP contribution is -2.00. The van der Waals surface area contributed by atoms with E-state index in [1.165, 1.54) is 12.1 Å². The maximum Gasteiger partial charge on any atom is 0.313 e. The topological polar surface area (TPSA) is 63.1 Å². The SMILES string of the molecule is Cc1cc(-c2ccc(F)cc2)nc(SCC(=O)O)n1. The zero-order valence-electron chi connectivity index (χ0n) is 10.1. The van der Waals surface area contributed by atoms with Crippen LogP contribution in [0.1, 0.15) is 5.69 Å². The normalized spacial score (nSPS) is 10.4. The fourth-order valence-electron chi connectivity index (χ4n) is 1.50. The van der Waals surface area contributed by atoms with Gasteiger partial charge in [-0.1, -0.05) is 11.8 Å². The van der Waals surface area contributed by atoms with Crippen LogP contribution >= 0.6 is 11.8 Å². The number of carbonyl (C=O) groups is 1. The predicted molar refractivity (Wildman–Crippen MR) is 70.5 cm³/mol. The molecule has 1 heterocycles. The predicted octanol–water partition coefficient (Wildman–Crippen LogP) is 2.77. The molecule has 0 aliphatic rings. The van der Waals surface area contributed by atoms with Gasteiger partial charge in [0.15, 0.2) is 5.16 Å². The molecule has 0 saturated carbocycles. The average Bonchev–Trinajstić information content (AvgIpc) is 2.36. The van der Waals surface area contributed by atoms with Crippen LogP contribution in [0.4, 0.5) is 4.39 Å². The van der Waals surface area contributed by atoms with Crippen molar-refractivity contribution in [1.29, 1.82) is 0 Å². The fraction of sp³-hybridized carbons (Fsp3) is 0.154. The summed E-state index contributed by atoms with van der Waals surface area (Å²) in [7, 11) is 0. The van der Waals surface area contributed by atoms with Gasteiger partial charge in [0.2, 0.25) is 0 Å². The van der Waals surface area contributed by atoms with Crippen LogP contribution in [0.5, 0.6) is 0 Å². The van der Waals surface area contributed by atoms with Crippen molar-refractivity contribution in [1.82, 2.24) is 9.97 Å². The second kappa shape index (κ2) is 5.79. The Morgan fingerprint density at radius 2 is 2.00 bits per heavy atom. The zero-order valence-corrected chi connectivity index (χ0v) is 10.9. The maximum atomic E-state index is 12.9. The molecule has 4 nitrogen and oxygen atoms in total. The molecule has 6 heteroatoms. The molecule has 0 aliphatic heterocycles. The van der Waals surface area contributed by atoms with Gasteiger partial charge in [-0.15, -0.1) is 0 Å². The van der Waals surface area contributed by atoms with E-state index < -0.39 is 5.97 Å². The number of aryl methyl sites for hydroxylation is 1. The molecule has 2 aromatic rings. The smallest absolute Gasteiger partial charge is 0.313 e. The first-order valence-corrected chi connectivity index (χ1v) is 6.49. The highest BCUT2D eigenvalue weighted by atomic mass is 32.2. The Hall–Kier alpha value is -1.95. The highest BCUT2D eigenvalue weighted by molar-refractivity contribution is 7.99. The van der Waals surface area contributed by atoms with Gasteiger partial charge in [0.25, 0.3) is 0 Å². The molecule has 0 spiro atoms. The van der Waals surface area contributed by atoms with Crippen molar-refractivity contribution >= 4 is 17.7 Å². The van der Waals surface area contributed by atoms with Crippen LogP contribution in [-0.4, -0.2) is 26.8 Å². The third-order valence-corrected chi connectivity index (χ3v) is 3.13. The van der Waals surface area contributed by atoms with E-state index >= 15 is 0 Å². The number of benzene rings is 1. The van der Waals surface area contributed by atoms with Crippen LogP contribution in [0.15, 0.2) is 35.5 Å². The highest BCUT2D eigenvalue weighted by Gasteiger charge is 2.07. The van der Waals surface area contributed by atoms with Gasteiger partial charge < -0.3 is 5.11 Å². The summed E-state index contributed by atoms with van der Waals surface area (Å²) in [6.45, 7) is 1.81. The molecule has 0 unspecified atom stereocenters. The number of thioether (sulfide) groups is 1. The number of rotatable bonds is 4. The molecule has 1 aromatic carbocycles. The van der Waals surface area contributed by atoms with Crippen LogP contribution in [-0.2, 0) is 4.79 Å². The molecular formula is C13H11FN2O2S. The molecule has 0 atom stereocenters. The van der Waals surface area contributed by atoms with E-state index in [9.17, 15) is 9.18 Å². The van der Waals surface area contributed by atoms with Crippen LogP contribution in [0, 0.1) is 12.7 Å². The Kier molecular flexibility index (Phi) is 4.11. The molecular weight excluding hydrogens is 267 g/mol. The van der Waals surface area contributed by atoms with E-state index in [2.05, 4.69) is 9.97 Å². The van der Waals surface area contributed by atoms with Crippen LogP contribution in [0.3, 0.4) is 0 Å². The van der Waals surface area contributed by atoms with Gasteiger partial charge in [-0.25, -0.2) is 14.4 Å². The standard InChI is InChI=1S/C13H11FN2O2S/c1-8-6-11(9-2-4-10(14)5-3-9)16-13(15-8)19-7-12(17)18/h2-6H,7H2,1H3,(H,17,18). The lowest BCUT2D eigenvalue weighted by Gasteiger charge is -2.05. The summed E-state index contributed by atoms with van der Waals surface area (Å²) >= 11 is 1.06. The van der Waals surface area contributed by atoms with Gasteiger partial charge in [0.05, 0.1) is 11.4 Å². The van der Waals surface area contributed by atoms with Gasteiger partial charge in [-0.2, -0.15) is 0 Å². The number of nitrogens with zero attached hydrogens (tertiary/aromatic N) is 2. The second-order valence-corrected chi connectivity index (χ2v) is 4.81. The summed E-state index contributed by atoms with van der Waals surface area (Å²) in [5.41, 5.74) is 2.16. The third kappa shape index (κ3) is 3.75. The first-order valence-electron chi connectivity index (χ1n) is 5.51. The minimum atomic E-state index is -0.918. The summed E-state index contributed by atoms with van der Waals surface area (Å²) in [4.78, 5) is 19.0. The van der Waals surface area contributed by atoms with E-state index in [0.29, 0.717) is 10.9 Å². The third-order valence-electron chi connectivity index (χ3n) is 2.30. The van der Waals surface area contributed by atoms with Crippen LogP contribution in [0.25, 0.3) is 11.3 Å². The molecule has 0 radical (unpaired) electrons. The van der Waals surface area contributed by atoms with Crippen molar-refractivity contribution in [2.24, 2.45) is 0 Å². The quantitative estimate of drug-likeness (QED) is 0.688. The highest BCUT2D eigenvalue weighted by Crippen LogP contribution is 2.21. The number of carboxylic acids is 1. The molecule has 0 fully saturated rings. The van der Waals surface area contributed by atoms with E-state index in [4.69, 9.17) is 5.11 Å². The largest absolute Gasteiger partial charge is 0.481 e. The van der Waals surface area contributed by atoms with Crippen molar-refractivity contribution in [2.45, 2.75) is 12.1 Å². The van der Waals surface area contributed by atoms with Gasteiger partial charge in [-0.3, -0.25) is 4.79 Å². The second-order valence-electron chi connectivity index (χ2n) is 3.87. The fourth-order valence-corrected chi connectivity index (χ4v) is 2.12. The number of aliphatic carboxylic acids is 1. The molecule has 0 aliphatic carbocycles. The Bertz CT molecular complexity index is 602. The molecule has 0 saturated heterocycles. The Morgan fingerprint density at radius 3 is 2.63 bits per heavy atom. The summed E-state index contributed by atoms with van der Waals surface area (Å²) < 4.78 is 12.9. The summed E-state index contributed by atoms with van der Waals surface area (Å²) in [6, 6.07) is 7.75. The zero-order chi connectivity index (χ0) is 13.8. The number of halogens is 1. The summed E-state index contributed by atoms with van der Waals surface area (Å²) in [5, 5.41) is 9.05. The molecule has 2 rings (SSSR count). The van der Waals surface area contributed by atoms with Crippen LogP contribution < -0.4 is 0 Å². The van der Waals surface area contributed by atoms with Gasteiger partial charge in [-0.05, 0) is 37.3 Å². The minimum Gasteiger partial charge on any atom is -0.481 e. The minimum absolute atomic E-state index is 0.0910. The van der Waals surface area contributed by atoms with E-state index in [-0.39, 0.29) is 11.6 Å². The van der Waals surface area contributed by atoms with Crippen molar-refractivity contribution in [3.63, 3.8) is 0 Å². The Morgan fingerprint density at radius 1 is 1.32 bits per heavy atom. The molecule has 19 heavy (non-hydrogen) atoms. The van der Waals surface area contributed by atoms with E-state index in [0.717, 1.165) is 23.0 Å². The van der Waals surface area contributed by atoms with E-state index in [1.807, 2.05) is 0 Å². The monoisotopic (exact) mass is 278 g/mol. The Labute approximate surface area is 113 Å². The van der Waals surface area contributed by atoms with Gasteiger partial charge in [0, 0.05) is 11.3 Å². The molecule has 1 N–H and O–H groups in total. The molecule has 98 valence electrons. The first kappa shape index (κ1) is 13.5. The van der Waals surface area contributed by atoms with Gasteiger partial charge in [0.1, 0.15) is 5.82 Å². The van der Waals surface area contributed by atoms with Crippen molar-refractivity contribution in [3.8, 4) is 11.3 Å². The lowest BCUT2D eigenvalue weighted by atomic mass is 10.1.